The molecule has 1 aliphatic carbocycles. The predicted octanol–water partition coefficient (Wildman–Crippen LogP) is 4.26. The summed E-state index contributed by atoms with van der Waals surface area (Å²) < 4.78 is 0. The van der Waals surface area contributed by atoms with Gasteiger partial charge < -0.3 is 4.90 Å². The molecule has 0 aliphatic heterocycles. The lowest BCUT2D eigenvalue weighted by Gasteiger charge is -2.20. The first-order chi connectivity index (χ1) is 9.26. The Bertz CT molecular complexity index is 406. The Hall–Kier alpha value is -0.350. The molecule has 0 unspecified atom stereocenters. The molecular formula is C15H22BrNOS. The standard InChI is InChI=1S/C15H22BrNOS/c1-2-3-9-17(10-8-16)15(18)14-11-12-6-4-5-7-13(12)19-14/h11H,2-10H2,1H3. The zero-order valence-corrected chi connectivity index (χ0v) is 14.0. The summed E-state index contributed by atoms with van der Waals surface area (Å²) in [6.07, 6.45) is 7.10. The third-order valence-electron chi connectivity index (χ3n) is 3.63. The predicted molar refractivity (Wildman–Crippen MR) is 85.6 cm³/mol. The molecule has 0 saturated heterocycles. The van der Waals surface area contributed by atoms with Crippen LogP contribution in [0.1, 0.15) is 52.7 Å². The van der Waals surface area contributed by atoms with Gasteiger partial charge in [0.1, 0.15) is 0 Å². The first kappa shape index (κ1) is 15.0. The highest BCUT2D eigenvalue weighted by atomic mass is 79.9. The number of nitrogens with zero attached hydrogens (tertiary/aromatic N) is 1. The van der Waals surface area contributed by atoms with Crippen LogP contribution >= 0.6 is 27.3 Å². The van der Waals surface area contributed by atoms with Crippen LogP contribution < -0.4 is 0 Å². The lowest BCUT2D eigenvalue weighted by atomic mass is 9.99. The minimum Gasteiger partial charge on any atom is -0.337 e. The van der Waals surface area contributed by atoms with Crippen LogP contribution in [0.25, 0.3) is 0 Å². The van der Waals surface area contributed by atoms with Crippen LogP contribution in [0.4, 0.5) is 0 Å². The van der Waals surface area contributed by atoms with Crippen LogP contribution in [-0.2, 0) is 12.8 Å². The Kier molecular flexibility index (Phi) is 5.89. The molecule has 106 valence electrons. The molecule has 0 aromatic carbocycles. The molecule has 0 bridgehead atoms. The fraction of sp³-hybridized carbons (Fsp3) is 0.667. The number of carbonyl (C=O) groups excluding carboxylic acids is 1. The molecule has 0 saturated carbocycles. The molecule has 1 heterocycles. The van der Waals surface area contributed by atoms with E-state index in [9.17, 15) is 4.79 Å². The zero-order valence-electron chi connectivity index (χ0n) is 11.6. The number of hydrogen-bond acceptors (Lipinski definition) is 2. The maximum atomic E-state index is 12.6. The van der Waals surface area contributed by atoms with E-state index in [0.29, 0.717) is 0 Å². The van der Waals surface area contributed by atoms with Crippen molar-refractivity contribution in [2.45, 2.75) is 45.4 Å². The average molecular weight is 344 g/mol. The van der Waals surface area contributed by atoms with Crippen molar-refractivity contribution >= 4 is 33.2 Å². The Morgan fingerprint density at radius 3 is 2.84 bits per heavy atom. The fourth-order valence-corrected chi connectivity index (χ4v) is 4.17. The molecule has 0 radical (unpaired) electrons. The van der Waals surface area contributed by atoms with Crippen molar-refractivity contribution in [3.8, 4) is 0 Å². The molecule has 0 N–H and O–H groups in total. The van der Waals surface area contributed by atoms with E-state index in [0.717, 1.165) is 42.6 Å². The second-order valence-corrected chi connectivity index (χ2v) is 7.03. The van der Waals surface area contributed by atoms with Gasteiger partial charge >= 0.3 is 0 Å². The van der Waals surface area contributed by atoms with Crippen LogP contribution in [0, 0.1) is 0 Å². The Morgan fingerprint density at radius 1 is 1.37 bits per heavy atom. The lowest BCUT2D eigenvalue weighted by molar-refractivity contribution is 0.0769. The molecule has 19 heavy (non-hydrogen) atoms. The number of hydrogen-bond donors (Lipinski definition) is 0. The Balaban J connectivity index is 2.09. The van der Waals surface area contributed by atoms with Gasteiger partial charge in [0.2, 0.25) is 0 Å². The van der Waals surface area contributed by atoms with Gasteiger partial charge in [0.25, 0.3) is 5.91 Å². The summed E-state index contributed by atoms with van der Waals surface area (Å²) in [6, 6.07) is 2.15. The molecule has 1 amide bonds. The highest BCUT2D eigenvalue weighted by Crippen LogP contribution is 2.30. The van der Waals surface area contributed by atoms with Gasteiger partial charge in [0.15, 0.2) is 0 Å². The van der Waals surface area contributed by atoms with E-state index in [4.69, 9.17) is 0 Å². The maximum absolute atomic E-state index is 12.6. The summed E-state index contributed by atoms with van der Waals surface area (Å²) in [6.45, 7) is 3.85. The zero-order chi connectivity index (χ0) is 13.7. The first-order valence-corrected chi connectivity index (χ1v) is 9.17. The van der Waals surface area contributed by atoms with Gasteiger partial charge in [0, 0.05) is 23.3 Å². The highest BCUT2D eigenvalue weighted by Gasteiger charge is 2.20. The number of rotatable bonds is 6. The van der Waals surface area contributed by atoms with Crippen molar-refractivity contribution in [3.05, 3.63) is 21.4 Å². The number of amides is 1. The van der Waals surface area contributed by atoms with E-state index in [1.54, 1.807) is 11.3 Å². The molecule has 0 atom stereocenters. The molecule has 2 rings (SSSR count). The third kappa shape index (κ3) is 3.82. The van der Waals surface area contributed by atoms with E-state index in [1.807, 2.05) is 4.90 Å². The minimum absolute atomic E-state index is 0.229. The SMILES string of the molecule is CCCCN(CCBr)C(=O)c1cc2c(s1)CCCC2. The highest BCUT2D eigenvalue weighted by molar-refractivity contribution is 9.09. The third-order valence-corrected chi connectivity index (χ3v) is 5.21. The van der Waals surface area contributed by atoms with Crippen molar-refractivity contribution in [3.63, 3.8) is 0 Å². The number of alkyl halides is 1. The van der Waals surface area contributed by atoms with Crippen molar-refractivity contribution in [2.75, 3.05) is 18.4 Å². The summed E-state index contributed by atoms with van der Waals surface area (Å²) in [5.41, 5.74) is 1.42. The van der Waals surface area contributed by atoms with Crippen LogP contribution in [0.15, 0.2) is 6.07 Å². The fourth-order valence-electron chi connectivity index (χ4n) is 2.52. The average Bonchev–Trinajstić information content (AvgIpc) is 2.86. The van der Waals surface area contributed by atoms with Crippen molar-refractivity contribution in [1.29, 1.82) is 0 Å². The van der Waals surface area contributed by atoms with E-state index in [1.165, 1.54) is 29.7 Å². The Labute approximate surface area is 128 Å². The Morgan fingerprint density at radius 2 is 2.16 bits per heavy atom. The van der Waals surface area contributed by atoms with Gasteiger partial charge in [-0.2, -0.15) is 0 Å². The first-order valence-electron chi connectivity index (χ1n) is 7.23. The quantitative estimate of drug-likeness (QED) is 0.706. The van der Waals surface area contributed by atoms with Gasteiger partial charge in [-0.3, -0.25) is 4.79 Å². The summed E-state index contributed by atoms with van der Waals surface area (Å²) in [5.74, 6) is 0.229. The molecule has 2 nitrogen and oxygen atoms in total. The van der Waals surface area contributed by atoms with Crippen molar-refractivity contribution < 1.29 is 4.79 Å². The molecule has 1 aliphatic rings. The van der Waals surface area contributed by atoms with Crippen molar-refractivity contribution in [2.24, 2.45) is 0 Å². The monoisotopic (exact) mass is 343 g/mol. The number of carbonyl (C=O) groups is 1. The number of halogens is 1. The van der Waals surface area contributed by atoms with E-state index in [2.05, 4.69) is 28.9 Å². The van der Waals surface area contributed by atoms with Crippen LogP contribution in [0.2, 0.25) is 0 Å². The molecule has 0 fully saturated rings. The number of fused-ring (bicyclic) bond motifs is 1. The van der Waals surface area contributed by atoms with Gasteiger partial charge in [-0.25, -0.2) is 0 Å². The van der Waals surface area contributed by atoms with E-state index in [-0.39, 0.29) is 5.91 Å². The topological polar surface area (TPSA) is 20.3 Å². The smallest absolute Gasteiger partial charge is 0.263 e. The van der Waals surface area contributed by atoms with Crippen LogP contribution in [0.5, 0.6) is 0 Å². The van der Waals surface area contributed by atoms with E-state index < -0.39 is 0 Å². The van der Waals surface area contributed by atoms with Crippen LogP contribution in [-0.4, -0.2) is 29.2 Å². The molecule has 0 spiro atoms. The van der Waals surface area contributed by atoms with Crippen molar-refractivity contribution in [1.82, 2.24) is 4.90 Å². The summed E-state index contributed by atoms with van der Waals surface area (Å²) in [5, 5.41) is 0.855. The summed E-state index contributed by atoms with van der Waals surface area (Å²) in [7, 11) is 0. The van der Waals surface area contributed by atoms with Gasteiger partial charge in [0.05, 0.1) is 4.88 Å². The van der Waals surface area contributed by atoms with Gasteiger partial charge in [-0.15, -0.1) is 11.3 Å². The molecule has 1 aromatic rings. The normalized spacial score (nSPS) is 14.2. The number of thiophene rings is 1. The molecule has 1 aromatic heterocycles. The lowest BCUT2D eigenvalue weighted by Crippen LogP contribution is -2.33. The summed E-state index contributed by atoms with van der Waals surface area (Å²) in [4.78, 5) is 17.0. The van der Waals surface area contributed by atoms with Crippen LogP contribution in [0.3, 0.4) is 0 Å². The maximum Gasteiger partial charge on any atom is 0.263 e. The number of aryl methyl sites for hydroxylation is 2. The summed E-state index contributed by atoms with van der Waals surface area (Å²) >= 11 is 5.17. The van der Waals surface area contributed by atoms with E-state index >= 15 is 0 Å². The van der Waals surface area contributed by atoms with Gasteiger partial charge in [-0.05, 0) is 43.7 Å². The second kappa shape index (κ2) is 7.44. The van der Waals surface area contributed by atoms with Gasteiger partial charge in [-0.1, -0.05) is 29.3 Å². The molecule has 4 heteroatoms. The minimum atomic E-state index is 0.229. The molecular weight excluding hydrogens is 322 g/mol. The second-order valence-electron chi connectivity index (χ2n) is 5.10. The largest absolute Gasteiger partial charge is 0.337 e. The number of unbranched alkanes of at least 4 members (excludes halogenated alkanes) is 1.